The molecule has 0 spiro atoms. The van der Waals surface area contributed by atoms with E-state index in [1.165, 1.54) is 6.33 Å². The molecule has 2 N–H and O–H groups in total. The molecule has 2 heterocycles. The number of unbranched alkanes of at least 4 members (excludes halogenated alkanes) is 1. The molecule has 0 saturated carbocycles. The molecule has 0 atom stereocenters. The number of aryl methyl sites for hydroxylation is 2. The minimum absolute atomic E-state index is 0.498. The van der Waals surface area contributed by atoms with Crippen LogP contribution < -0.4 is 5.73 Å². The molecule has 19 heavy (non-hydrogen) atoms. The van der Waals surface area contributed by atoms with Crippen LogP contribution in [0.4, 0.5) is 5.82 Å². The second kappa shape index (κ2) is 9.30. The first-order chi connectivity index (χ1) is 9.24. The van der Waals surface area contributed by atoms with E-state index in [1.54, 1.807) is 4.52 Å². The number of rotatable bonds is 3. The van der Waals surface area contributed by atoms with E-state index in [2.05, 4.69) is 22.0 Å². The largest absolute Gasteiger partial charge is 0.382 e. The first kappa shape index (κ1) is 17.4. The van der Waals surface area contributed by atoms with Crippen LogP contribution in [0.25, 0.3) is 5.52 Å². The van der Waals surface area contributed by atoms with Crippen molar-refractivity contribution in [3.05, 3.63) is 17.8 Å². The fourth-order valence-corrected chi connectivity index (χ4v) is 1.69. The molecular formula is C14H27N5. The summed E-state index contributed by atoms with van der Waals surface area (Å²) in [4.78, 5) is 8.44. The van der Waals surface area contributed by atoms with Crippen LogP contribution in [-0.2, 0) is 6.42 Å². The maximum atomic E-state index is 5.79. The molecule has 0 bridgehead atoms. The van der Waals surface area contributed by atoms with Gasteiger partial charge in [0.2, 0.25) is 0 Å². The number of anilines is 1. The molecule has 0 aliphatic carbocycles. The van der Waals surface area contributed by atoms with Crippen LogP contribution >= 0.6 is 0 Å². The Hall–Kier alpha value is -1.65. The Morgan fingerprint density at radius 3 is 2.42 bits per heavy atom. The van der Waals surface area contributed by atoms with Crippen molar-refractivity contribution in [2.45, 2.75) is 60.8 Å². The van der Waals surface area contributed by atoms with Crippen LogP contribution in [0.15, 0.2) is 6.33 Å². The zero-order valence-electron chi connectivity index (χ0n) is 13.1. The molecule has 0 aliphatic rings. The smallest absolute Gasteiger partial charge is 0.153 e. The van der Waals surface area contributed by atoms with Gasteiger partial charge in [-0.25, -0.2) is 14.5 Å². The third kappa shape index (κ3) is 4.19. The average Bonchev–Trinajstić information content (AvgIpc) is 2.79. The predicted molar refractivity (Wildman–Crippen MR) is 81.2 cm³/mol. The normalized spacial score (nSPS) is 9.37. The summed E-state index contributed by atoms with van der Waals surface area (Å²) in [7, 11) is 0. The minimum atomic E-state index is 0.498. The highest BCUT2D eigenvalue weighted by molar-refractivity contribution is 5.67. The van der Waals surface area contributed by atoms with E-state index in [-0.39, 0.29) is 0 Å². The molecule has 2 rings (SSSR count). The highest BCUT2D eigenvalue weighted by atomic mass is 15.3. The Balaban J connectivity index is 0.000000741. The van der Waals surface area contributed by atoms with E-state index >= 15 is 0 Å². The Morgan fingerprint density at radius 1 is 1.21 bits per heavy atom. The van der Waals surface area contributed by atoms with Gasteiger partial charge in [-0.05, 0) is 13.3 Å². The molecule has 5 nitrogen and oxygen atoms in total. The van der Waals surface area contributed by atoms with Crippen molar-refractivity contribution >= 4 is 11.3 Å². The molecule has 0 aliphatic heterocycles. The Kier molecular flexibility index (Phi) is 8.49. The Labute approximate surface area is 116 Å². The second-order valence-corrected chi connectivity index (χ2v) is 3.62. The zero-order chi connectivity index (χ0) is 14.8. The summed E-state index contributed by atoms with van der Waals surface area (Å²) in [6.07, 6.45) is 4.66. The molecule has 0 radical (unpaired) electrons. The van der Waals surface area contributed by atoms with Crippen molar-refractivity contribution in [2.75, 3.05) is 5.73 Å². The molecule has 108 valence electrons. The first-order valence-electron chi connectivity index (χ1n) is 7.18. The molecule has 0 unspecified atom stereocenters. The van der Waals surface area contributed by atoms with E-state index in [1.807, 2.05) is 34.6 Å². The first-order valence-corrected chi connectivity index (χ1v) is 7.18. The average molecular weight is 265 g/mol. The third-order valence-electron chi connectivity index (χ3n) is 2.46. The van der Waals surface area contributed by atoms with Crippen molar-refractivity contribution in [1.82, 2.24) is 19.6 Å². The van der Waals surface area contributed by atoms with Gasteiger partial charge in [-0.2, -0.15) is 5.10 Å². The Bertz CT molecular complexity index is 476. The monoisotopic (exact) mass is 265 g/mol. The molecule has 2 aromatic rings. The standard InChI is InChI=1S/C10H15N5.2C2H6/c1-3-4-5-8-14-7(2)9-10(11)12-6-13-15(8)9;2*1-2/h6H,3-5H2,1-2H3,(H2,11,12,13);2*1-2H3. The highest BCUT2D eigenvalue weighted by Crippen LogP contribution is 2.16. The number of nitrogen functional groups attached to an aromatic ring is 1. The van der Waals surface area contributed by atoms with E-state index in [4.69, 9.17) is 5.73 Å². The van der Waals surface area contributed by atoms with Crippen molar-refractivity contribution in [3.63, 3.8) is 0 Å². The van der Waals surface area contributed by atoms with Crippen LogP contribution in [0.1, 0.15) is 59.0 Å². The van der Waals surface area contributed by atoms with Crippen molar-refractivity contribution < 1.29 is 0 Å². The summed E-state index contributed by atoms with van der Waals surface area (Å²) in [6.45, 7) is 12.1. The second-order valence-electron chi connectivity index (χ2n) is 3.62. The topological polar surface area (TPSA) is 69.1 Å². The van der Waals surface area contributed by atoms with Gasteiger partial charge in [0.25, 0.3) is 0 Å². The van der Waals surface area contributed by atoms with Gasteiger partial charge < -0.3 is 5.73 Å². The SMILES string of the molecule is CC.CC.CCCCc1nc(C)c2c(N)ncnn12. The van der Waals surface area contributed by atoms with Crippen LogP contribution in [0.2, 0.25) is 0 Å². The lowest BCUT2D eigenvalue weighted by atomic mass is 10.2. The van der Waals surface area contributed by atoms with Crippen LogP contribution in [0, 0.1) is 6.92 Å². The van der Waals surface area contributed by atoms with Gasteiger partial charge >= 0.3 is 0 Å². The lowest BCUT2D eigenvalue weighted by Gasteiger charge is -1.99. The third-order valence-corrected chi connectivity index (χ3v) is 2.46. The minimum Gasteiger partial charge on any atom is -0.382 e. The molecule has 0 saturated heterocycles. The fourth-order valence-electron chi connectivity index (χ4n) is 1.69. The number of hydrogen-bond acceptors (Lipinski definition) is 4. The summed E-state index contributed by atoms with van der Waals surface area (Å²) in [5.41, 5.74) is 7.53. The summed E-state index contributed by atoms with van der Waals surface area (Å²) in [5.74, 6) is 1.47. The fraction of sp³-hybridized carbons (Fsp3) is 0.643. The predicted octanol–water partition coefficient (Wildman–Crippen LogP) is 3.41. The number of fused-ring (bicyclic) bond motifs is 1. The van der Waals surface area contributed by atoms with E-state index in [9.17, 15) is 0 Å². The van der Waals surface area contributed by atoms with Gasteiger partial charge in [0.05, 0.1) is 5.69 Å². The van der Waals surface area contributed by atoms with E-state index in [0.29, 0.717) is 5.82 Å². The van der Waals surface area contributed by atoms with Gasteiger partial charge in [0.1, 0.15) is 17.7 Å². The Morgan fingerprint density at radius 2 is 1.84 bits per heavy atom. The van der Waals surface area contributed by atoms with Gasteiger partial charge in [-0.1, -0.05) is 41.0 Å². The van der Waals surface area contributed by atoms with E-state index in [0.717, 1.165) is 36.3 Å². The number of aromatic nitrogens is 4. The maximum Gasteiger partial charge on any atom is 0.153 e. The molecule has 0 amide bonds. The number of imidazole rings is 1. The molecule has 0 fully saturated rings. The number of nitrogens with zero attached hydrogens (tertiary/aromatic N) is 4. The molecular weight excluding hydrogens is 238 g/mol. The van der Waals surface area contributed by atoms with Crippen LogP contribution in [0.5, 0.6) is 0 Å². The summed E-state index contributed by atoms with van der Waals surface area (Å²) in [5, 5.41) is 4.18. The maximum absolute atomic E-state index is 5.79. The lowest BCUT2D eigenvalue weighted by Crippen LogP contribution is -2.02. The lowest BCUT2D eigenvalue weighted by molar-refractivity contribution is 0.719. The van der Waals surface area contributed by atoms with Gasteiger partial charge in [0, 0.05) is 6.42 Å². The van der Waals surface area contributed by atoms with Gasteiger partial charge in [-0.3, -0.25) is 0 Å². The zero-order valence-corrected chi connectivity index (χ0v) is 13.1. The molecule has 0 aromatic carbocycles. The van der Waals surface area contributed by atoms with Crippen LogP contribution in [-0.4, -0.2) is 19.6 Å². The van der Waals surface area contributed by atoms with Gasteiger partial charge in [-0.15, -0.1) is 0 Å². The van der Waals surface area contributed by atoms with Crippen LogP contribution in [0.3, 0.4) is 0 Å². The quantitative estimate of drug-likeness (QED) is 0.923. The van der Waals surface area contributed by atoms with Crippen molar-refractivity contribution in [3.8, 4) is 0 Å². The molecule has 2 aromatic heterocycles. The summed E-state index contributed by atoms with van der Waals surface area (Å²) in [6, 6.07) is 0. The molecule has 5 heteroatoms. The van der Waals surface area contributed by atoms with Crippen molar-refractivity contribution in [1.29, 1.82) is 0 Å². The number of nitrogens with two attached hydrogens (primary N) is 1. The summed E-state index contributed by atoms with van der Waals surface area (Å²) < 4.78 is 1.80. The van der Waals surface area contributed by atoms with E-state index < -0.39 is 0 Å². The number of hydrogen-bond donors (Lipinski definition) is 1. The highest BCUT2D eigenvalue weighted by Gasteiger charge is 2.11. The summed E-state index contributed by atoms with van der Waals surface area (Å²) >= 11 is 0. The van der Waals surface area contributed by atoms with Gasteiger partial charge in [0.15, 0.2) is 5.82 Å². The van der Waals surface area contributed by atoms with Crippen molar-refractivity contribution in [2.24, 2.45) is 0 Å².